The number of benzene rings is 2. The molecule has 4 rings (SSSR count). The number of nitrogens with zero attached hydrogens (tertiary/aromatic N) is 1. The van der Waals surface area contributed by atoms with Gasteiger partial charge >= 0.3 is 0 Å². The third-order valence-electron chi connectivity index (χ3n) is 5.34. The van der Waals surface area contributed by atoms with Crippen molar-refractivity contribution in [2.75, 3.05) is 33.9 Å². The van der Waals surface area contributed by atoms with E-state index in [-0.39, 0.29) is 5.91 Å². The average Bonchev–Trinajstić information content (AvgIpc) is 3.16. The maximum Gasteiger partial charge on any atom is 0.246 e. The Hall–Kier alpha value is -2.95. The molecule has 2 aromatic rings. The lowest BCUT2D eigenvalue weighted by Gasteiger charge is -2.39. The van der Waals surface area contributed by atoms with E-state index in [0.717, 1.165) is 55.4 Å². The van der Waals surface area contributed by atoms with Crippen LogP contribution in [-0.4, -0.2) is 44.7 Å². The third-order valence-corrected chi connectivity index (χ3v) is 5.34. The Morgan fingerprint density at radius 3 is 2.61 bits per heavy atom. The molecular weight excluding hydrogens is 354 g/mol. The van der Waals surface area contributed by atoms with E-state index >= 15 is 0 Å². The van der Waals surface area contributed by atoms with Crippen LogP contribution in [0.3, 0.4) is 0 Å². The molecule has 0 aliphatic carbocycles. The summed E-state index contributed by atoms with van der Waals surface area (Å²) >= 11 is 0. The molecule has 0 saturated carbocycles. The highest BCUT2D eigenvalue weighted by atomic mass is 16.5. The molecule has 0 bridgehead atoms. The minimum absolute atomic E-state index is 0.0659. The van der Waals surface area contributed by atoms with Gasteiger partial charge in [0.15, 0.2) is 0 Å². The number of ether oxygens (including phenoxy) is 3. The first kappa shape index (κ1) is 18.4. The smallest absolute Gasteiger partial charge is 0.246 e. The predicted molar refractivity (Wildman–Crippen MR) is 108 cm³/mol. The summed E-state index contributed by atoms with van der Waals surface area (Å²) in [5.74, 6) is 3.08. The van der Waals surface area contributed by atoms with Crippen molar-refractivity contribution < 1.29 is 19.0 Å². The molecule has 2 aromatic carbocycles. The highest BCUT2D eigenvalue weighted by Crippen LogP contribution is 2.28. The lowest BCUT2D eigenvalue weighted by Crippen LogP contribution is -2.50. The van der Waals surface area contributed by atoms with Gasteiger partial charge in [-0.3, -0.25) is 4.79 Å². The van der Waals surface area contributed by atoms with E-state index < -0.39 is 0 Å². The van der Waals surface area contributed by atoms with Crippen molar-refractivity contribution in [3.63, 3.8) is 0 Å². The molecule has 0 aromatic heterocycles. The van der Waals surface area contributed by atoms with Crippen LogP contribution in [0.4, 0.5) is 0 Å². The van der Waals surface area contributed by atoms with Crippen LogP contribution in [0.2, 0.25) is 0 Å². The van der Waals surface area contributed by atoms with E-state index in [1.807, 2.05) is 41.3 Å². The van der Waals surface area contributed by atoms with Crippen LogP contribution in [0.25, 0.3) is 6.08 Å². The predicted octanol–water partition coefficient (Wildman–Crippen LogP) is 3.35. The first-order valence-corrected chi connectivity index (χ1v) is 9.59. The molecule has 5 heteroatoms. The van der Waals surface area contributed by atoms with Gasteiger partial charge in [-0.25, -0.2) is 0 Å². The lowest BCUT2D eigenvalue weighted by molar-refractivity contribution is -0.131. The molecule has 1 saturated heterocycles. The summed E-state index contributed by atoms with van der Waals surface area (Å²) < 4.78 is 16.2. The summed E-state index contributed by atoms with van der Waals surface area (Å²) in [5.41, 5.74) is 3.43. The summed E-state index contributed by atoms with van der Waals surface area (Å²) in [6, 6.07) is 12.0. The Morgan fingerprint density at radius 1 is 1.14 bits per heavy atom. The van der Waals surface area contributed by atoms with Gasteiger partial charge in [0, 0.05) is 31.7 Å². The summed E-state index contributed by atoms with van der Waals surface area (Å²) in [6.07, 6.45) is 5.41. The number of likely N-dealkylation sites (tertiary alicyclic amines) is 1. The quantitative estimate of drug-likeness (QED) is 0.722. The van der Waals surface area contributed by atoms with Crippen molar-refractivity contribution >= 4 is 12.0 Å². The number of rotatable bonds is 6. The normalized spacial score (nSPS) is 15.9. The van der Waals surface area contributed by atoms with Gasteiger partial charge in [0.05, 0.1) is 20.8 Å². The van der Waals surface area contributed by atoms with E-state index in [9.17, 15) is 4.79 Å². The van der Waals surface area contributed by atoms with Crippen molar-refractivity contribution in [3.05, 3.63) is 59.2 Å². The van der Waals surface area contributed by atoms with Crippen LogP contribution >= 0.6 is 0 Å². The van der Waals surface area contributed by atoms with E-state index in [0.29, 0.717) is 5.92 Å². The topological polar surface area (TPSA) is 48.0 Å². The second-order valence-electron chi connectivity index (χ2n) is 7.33. The molecule has 0 atom stereocenters. The number of hydrogen-bond donors (Lipinski definition) is 0. The number of amides is 1. The Balaban J connectivity index is 1.31. The minimum atomic E-state index is 0.0659. The van der Waals surface area contributed by atoms with Gasteiger partial charge < -0.3 is 19.1 Å². The van der Waals surface area contributed by atoms with Gasteiger partial charge in [-0.1, -0.05) is 6.07 Å². The lowest BCUT2D eigenvalue weighted by atomic mass is 9.92. The molecule has 146 valence electrons. The Kier molecular flexibility index (Phi) is 5.24. The zero-order valence-corrected chi connectivity index (χ0v) is 16.3. The standard InChI is InChI=1S/C23H25NO4/c1-26-20-11-17(12-21(13-20)27-2)9-18-14-24(15-18)23(25)6-4-16-3-5-22-19(10-16)7-8-28-22/h3-6,10-13,18H,7-9,14-15H2,1-2H3/b6-4+. The molecule has 2 heterocycles. The van der Waals surface area contributed by atoms with Crippen LogP contribution in [0.5, 0.6) is 17.2 Å². The highest BCUT2D eigenvalue weighted by Gasteiger charge is 2.29. The van der Waals surface area contributed by atoms with Gasteiger partial charge in [-0.15, -0.1) is 0 Å². The summed E-state index contributed by atoms with van der Waals surface area (Å²) in [6.45, 7) is 2.30. The molecule has 28 heavy (non-hydrogen) atoms. The van der Waals surface area contributed by atoms with Crippen molar-refractivity contribution in [2.45, 2.75) is 12.8 Å². The third kappa shape index (κ3) is 3.98. The molecule has 0 radical (unpaired) electrons. The summed E-state index contributed by atoms with van der Waals surface area (Å²) in [5, 5.41) is 0. The van der Waals surface area contributed by atoms with Crippen molar-refractivity contribution in [1.29, 1.82) is 0 Å². The van der Waals surface area contributed by atoms with Crippen LogP contribution in [0.15, 0.2) is 42.5 Å². The maximum absolute atomic E-state index is 12.4. The Morgan fingerprint density at radius 2 is 1.89 bits per heavy atom. The summed E-state index contributed by atoms with van der Waals surface area (Å²) in [7, 11) is 3.31. The molecular formula is C23H25NO4. The zero-order valence-electron chi connectivity index (χ0n) is 16.3. The molecule has 0 spiro atoms. The second-order valence-corrected chi connectivity index (χ2v) is 7.33. The Bertz CT molecular complexity index is 877. The fraction of sp³-hybridized carbons (Fsp3) is 0.348. The maximum atomic E-state index is 12.4. The average molecular weight is 379 g/mol. The molecule has 0 unspecified atom stereocenters. The first-order chi connectivity index (χ1) is 13.6. The van der Waals surface area contributed by atoms with Crippen LogP contribution in [-0.2, 0) is 17.6 Å². The minimum Gasteiger partial charge on any atom is -0.497 e. The van der Waals surface area contributed by atoms with E-state index in [4.69, 9.17) is 14.2 Å². The van der Waals surface area contributed by atoms with E-state index in [1.165, 1.54) is 11.1 Å². The fourth-order valence-corrected chi connectivity index (χ4v) is 3.78. The van der Waals surface area contributed by atoms with Gasteiger partial charge in [0.2, 0.25) is 5.91 Å². The number of hydrogen-bond acceptors (Lipinski definition) is 4. The number of methoxy groups -OCH3 is 2. The molecule has 1 fully saturated rings. The van der Waals surface area contributed by atoms with Crippen LogP contribution in [0, 0.1) is 5.92 Å². The van der Waals surface area contributed by atoms with Crippen LogP contribution in [0.1, 0.15) is 16.7 Å². The highest BCUT2D eigenvalue weighted by molar-refractivity contribution is 5.92. The van der Waals surface area contributed by atoms with Crippen molar-refractivity contribution in [1.82, 2.24) is 4.90 Å². The molecule has 2 aliphatic heterocycles. The molecule has 0 N–H and O–H groups in total. The van der Waals surface area contributed by atoms with Gasteiger partial charge in [-0.05, 0) is 59.4 Å². The van der Waals surface area contributed by atoms with E-state index in [2.05, 4.69) is 6.07 Å². The van der Waals surface area contributed by atoms with Gasteiger partial charge in [0.1, 0.15) is 17.2 Å². The van der Waals surface area contributed by atoms with Gasteiger partial charge in [0.25, 0.3) is 0 Å². The van der Waals surface area contributed by atoms with Crippen molar-refractivity contribution in [2.24, 2.45) is 5.92 Å². The Labute approximate surface area is 165 Å². The second kappa shape index (κ2) is 7.97. The number of fused-ring (bicyclic) bond motifs is 1. The largest absolute Gasteiger partial charge is 0.497 e. The molecule has 5 nitrogen and oxygen atoms in total. The van der Waals surface area contributed by atoms with Crippen LogP contribution < -0.4 is 14.2 Å². The summed E-state index contributed by atoms with van der Waals surface area (Å²) in [4.78, 5) is 14.3. The first-order valence-electron chi connectivity index (χ1n) is 9.59. The molecule has 1 amide bonds. The number of carbonyl (C=O) groups is 1. The zero-order chi connectivity index (χ0) is 19.5. The van der Waals surface area contributed by atoms with E-state index in [1.54, 1.807) is 20.3 Å². The SMILES string of the molecule is COc1cc(CC2CN(C(=O)/C=C/c3ccc4c(c3)CCO4)C2)cc(OC)c1. The van der Waals surface area contributed by atoms with Crippen molar-refractivity contribution in [3.8, 4) is 17.2 Å². The number of carbonyl (C=O) groups excluding carboxylic acids is 1. The molecule has 2 aliphatic rings. The van der Waals surface area contributed by atoms with Gasteiger partial charge in [-0.2, -0.15) is 0 Å². The fourth-order valence-electron chi connectivity index (χ4n) is 3.78. The monoisotopic (exact) mass is 379 g/mol.